The molecule has 0 radical (unpaired) electrons. The standard InChI is InChI=1S/C14H13BrN2O9/c1-4(18)23-9-7-8(10(13(21)26-7)24-5(2)19)25-12(9)17-3-6(15)11(20)16-14(17)22/h3,7-10,12H,1-2H3,(H,16,20,22)/t7-,8+,9-,10+,12-/m1/s1. The molecule has 0 aliphatic carbocycles. The van der Waals surface area contributed by atoms with Gasteiger partial charge in [0.2, 0.25) is 6.10 Å². The van der Waals surface area contributed by atoms with E-state index in [4.69, 9.17) is 18.9 Å². The van der Waals surface area contributed by atoms with Gasteiger partial charge in [-0.25, -0.2) is 9.59 Å². The minimum absolute atomic E-state index is 0.0351. The van der Waals surface area contributed by atoms with E-state index in [1.54, 1.807) is 0 Å². The quantitative estimate of drug-likeness (QED) is 0.468. The molecule has 0 spiro atoms. The van der Waals surface area contributed by atoms with E-state index < -0.39 is 59.8 Å². The van der Waals surface area contributed by atoms with Crippen molar-refractivity contribution in [2.75, 3.05) is 0 Å². The van der Waals surface area contributed by atoms with Crippen molar-refractivity contribution in [3.05, 3.63) is 31.5 Å². The van der Waals surface area contributed by atoms with E-state index >= 15 is 0 Å². The van der Waals surface area contributed by atoms with Crippen LogP contribution in [-0.2, 0) is 33.3 Å². The number of hydrogen-bond acceptors (Lipinski definition) is 9. The second-order valence-electron chi connectivity index (χ2n) is 5.64. The van der Waals surface area contributed by atoms with Gasteiger partial charge in [-0.3, -0.25) is 23.9 Å². The molecule has 26 heavy (non-hydrogen) atoms. The van der Waals surface area contributed by atoms with Gasteiger partial charge >= 0.3 is 23.6 Å². The van der Waals surface area contributed by atoms with Crippen molar-refractivity contribution in [2.45, 2.75) is 44.5 Å². The fourth-order valence-corrected chi connectivity index (χ4v) is 3.18. The van der Waals surface area contributed by atoms with Crippen LogP contribution < -0.4 is 11.2 Å². The maximum atomic E-state index is 12.1. The van der Waals surface area contributed by atoms with Crippen LogP contribution in [-0.4, -0.2) is 51.9 Å². The number of nitrogens with one attached hydrogen (secondary N) is 1. The molecular formula is C14H13BrN2O9. The Bertz CT molecular complexity index is 891. The molecule has 2 aliphatic rings. The maximum absolute atomic E-state index is 12.1. The highest BCUT2D eigenvalue weighted by atomic mass is 79.9. The van der Waals surface area contributed by atoms with Crippen molar-refractivity contribution >= 4 is 33.8 Å². The second kappa shape index (κ2) is 6.68. The summed E-state index contributed by atoms with van der Waals surface area (Å²) in [7, 11) is 0. The lowest BCUT2D eigenvalue weighted by molar-refractivity contribution is -0.174. The summed E-state index contributed by atoms with van der Waals surface area (Å²) in [5, 5.41) is 0. The number of ether oxygens (including phenoxy) is 4. The van der Waals surface area contributed by atoms with Crippen molar-refractivity contribution in [3.8, 4) is 0 Å². The molecular weight excluding hydrogens is 420 g/mol. The van der Waals surface area contributed by atoms with Gasteiger partial charge in [0.1, 0.15) is 6.10 Å². The summed E-state index contributed by atoms with van der Waals surface area (Å²) >= 11 is 2.99. The van der Waals surface area contributed by atoms with Gasteiger partial charge in [-0.15, -0.1) is 0 Å². The number of hydrogen-bond donors (Lipinski definition) is 1. The lowest BCUT2D eigenvalue weighted by Crippen LogP contribution is -2.40. The molecule has 2 aliphatic heterocycles. The smallest absolute Gasteiger partial charge is 0.350 e. The van der Waals surface area contributed by atoms with Gasteiger partial charge in [-0.2, -0.15) is 0 Å². The summed E-state index contributed by atoms with van der Waals surface area (Å²) in [6.07, 6.45) is -4.76. The van der Waals surface area contributed by atoms with Crippen LogP contribution in [0, 0.1) is 0 Å². The van der Waals surface area contributed by atoms with Crippen molar-refractivity contribution in [3.63, 3.8) is 0 Å². The number of esters is 3. The van der Waals surface area contributed by atoms with Crippen molar-refractivity contribution < 1.29 is 33.3 Å². The van der Waals surface area contributed by atoms with E-state index in [-0.39, 0.29) is 4.47 Å². The second-order valence-corrected chi connectivity index (χ2v) is 6.49. The summed E-state index contributed by atoms with van der Waals surface area (Å²) in [6, 6.07) is 0. The molecule has 12 heteroatoms. The number of fused-ring (bicyclic) bond motifs is 1. The third-order valence-electron chi connectivity index (χ3n) is 3.80. The van der Waals surface area contributed by atoms with Gasteiger partial charge < -0.3 is 18.9 Å². The molecule has 0 saturated carbocycles. The Balaban J connectivity index is 2.01. The molecule has 1 aromatic rings. The summed E-state index contributed by atoms with van der Waals surface area (Å²) in [5.41, 5.74) is -1.48. The molecule has 0 unspecified atom stereocenters. The van der Waals surface area contributed by atoms with Gasteiger partial charge in [0.05, 0.1) is 4.47 Å². The van der Waals surface area contributed by atoms with Crippen LogP contribution in [0.2, 0.25) is 0 Å². The Kier molecular flexibility index (Phi) is 4.71. The number of aromatic nitrogens is 2. The monoisotopic (exact) mass is 432 g/mol. The van der Waals surface area contributed by atoms with Crippen LogP contribution in [0.5, 0.6) is 0 Å². The Morgan fingerprint density at radius 1 is 1.15 bits per heavy atom. The number of halogens is 1. The van der Waals surface area contributed by atoms with E-state index in [9.17, 15) is 24.0 Å². The zero-order chi connectivity index (χ0) is 19.2. The third-order valence-corrected chi connectivity index (χ3v) is 4.37. The maximum Gasteiger partial charge on any atom is 0.350 e. The first-order valence-electron chi connectivity index (χ1n) is 7.40. The minimum atomic E-state index is -1.36. The van der Waals surface area contributed by atoms with Crippen LogP contribution >= 0.6 is 15.9 Å². The number of carbonyl (C=O) groups excluding carboxylic acids is 3. The minimum Gasteiger partial charge on any atom is -0.454 e. The van der Waals surface area contributed by atoms with Crippen molar-refractivity contribution in [2.24, 2.45) is 0 Å². The summed E-state index contributed by atoms with van der Waals surface area (Å²) < 4.78 is 21.9. The van der Waals surface area contributed by atoms with Crippen LogP contribution in [0.3, 0.4) is 0 Å². The van der Waals surface area contributed by atoms with Crippen molar-refractivity contribution in [1.29, 1.82) is 0 Å². The van der Waals surface area contributed by atoms with Crippen LogP contribution in [0.15, 0.2) is 20.3 Å². The molecule has 1 aromatic heterocycles. The highest BCUT2D eigenvalue weighted by Crippen LogP contribution is 2.39. The van der Waals surface area contributed by atoms with E-state index in [1.165, 1.54) is 0 Å². The van der Waals surface area contributed by atoms with Gasteiger partial charge in [0.25, 0.3) is 5.56 Å². The lowest BCUT2D eigenvalue weighted by atomic mass is 10.1. The fourth-order valence-electron chi connectivity index (χ4n) is 2.86. The van der Waals surface area contributed by atoms with Crippen LogP contribution in [0.4, 0.5) is 0 Å². The molecule has 11 nitrogen and oxygen atoms in total. The molecule has 3 heterocycles. The molecule has 0 amide bonds. The van der Waals surface area contributed by atoms with E-state index in [2.05, 4.69) is 20.9 Å². The molecule has 5 atom stereocenters. The van der Waals surface area contributed by atoms with Crippen LogP contribution in [0.1, 0.15) is 20.1 Å². The molecule has 0 bridgehead atoms. The Morgan fingerprint density at radius 3 is 2.42 bits per heavy atom. The number of nitrogens with zero attached hydrogens (tertiary/aromatic N) is 1. The zero-order valence-corrected chi connectivity index (χ0v) is 15.0. The molecule has 1 N–H and O–H groups in total. The molecule has 0 aromatic carbocycles. The van der Waals surface area contributed by atoms with E-state index in [0.29, 0.717) is 0 Å². The summed E-state index contributed by atoms with van der Waals surface area (Å²) in [6.45, 7) is 2.25. The average Bonchev–Trinajstić information content (AvgIpc) is 3.00. The Hall–Kier alpha value is -2.47. The molecule has 2 saturated heterocycles. The van der Waals surface area contributed by atoms with Gasteiger partial charge in [0.15, 0.2) is 18.4 Å². The number of carbonyl (C=O) groups is 3. The topological polar surface area (TPSA) is 143 Å². The zero-order valence-electron chi connectivity index (χ0n) is 13.5. The van der Waals surface area contributed by atoms with E-state index in [1.807, 2.05) is 0 Å². The molecule has 140 valence electrons. The first-order chi connectivity index (χ1) is 12.2. The molecule has 2 fully saturated rings. The number of aromatic amines is 1. The summed E-state index contributed by atoms with van der Waals surface area (Å²) in [4.78, 5) is 60.3. The predicted octanol–water partition coefficient (Wildman–Crippen LogP) is -1.01. The first kappa shape index (κ1) is 18.3. The van der Waals surface area contributed by atoms with Gasteiger partial charge in [-0.05, 0) is 15.9 Å². The average molecular weight is 433 g/mol. The lowest BCUT2D eigenvalue weighted by Gasteiger charge is -2.23. The number of H-pyrrole nitrogens is 1. The van der Waals surface area contributed by atoms with Crippen LogP contribution in [0.25, 0.3) is 0 Å². The van der Waals surface area contributed by atoms with Crippen molar-refractivity contribution in [1.82, 2.24) is 9.55 Å². The van der Waals surface area contributed by atoms with Gasteiger partial charge in [-0.1, -0.05) is 0 Å². The Morgan fingerprint density at radius 2 is 1.81 bits per heavy atom. The number of rotatable bonds is 3. The Labute approximate surface area is 153 Å². The normalized spacial score (nSPS) is 29.8. The summed E-state index contributed by atoms with van der Waals surface area (Å²) in [5.74, 6) is -2.28. The SMILES string of the molecule is CC(=O)O[C@@H]1[C@@H]2OC(=O)[C@@H](OC(C)=O)[C@H]2O[C@H]1n1cc(Br)c(=O)[nH]c1=O. The van der Waals surface area contributed by atoms with Gasteiger partial charge in [0, 0.05) is 20.0 Å². The largest absolute Gasteiger partial charge is 0.454 e. The highest BCUT2D eigenvalue weighted by Gasteiger charge is 2.61. The highest BCUT2D eigenvalue weighted by molar-refractivity contribution is 9.10. The predicted molar refractivity (Wildman–Crippen MR) is 83.9 cm³/mol. The fraction of sp³-hybridized carbons (Fsp3) is 0.500. The third kappa shape index (κ3) is 3.17. The molecule has 3 rings (SSSR count). The van der Waals surface area contributed by atoms with E-state index in [0.717, 1.165) is 24.6 Å². The first-order valence-corrected chi connectivity index (χ1v) is 8.19.